The number of rotatable bonds is 1. The van der Waals surface area contributed by atoms with Crippen LogP contribution in [0.2, 0.25) is 0 Å². The highest BCUT2D eigenvalue weighted by Crippen LogP contribution is 2.58. The Morgan fingerprint density at radius 2 is 1.75 bits per heavy atom. The minimum atomic E-state index is -0.350. The van der Waals surface area contributed by atoms with Gasteiger partial charge in [0.25, 0.3) is 0 Å². The van der Waals surface area contributed by atoms with Crippen molar-refractivity contribution in [3.05, 3.63) is 77.6 Å². The van der Waals surface area contributed by atoms with E-state index in [0.717, 1.165) is 34.3 Å². The van der Waals surface area contributed by atoms with Gasteiger partial charge in [-0.1, -0.05) is 31.2 Å². The third-order valence-electron chi connectivity index (χ3n) is 7.36. The predicted molar refractivity (Wildman–Crippen MR) is 121 cm³/mol. The average Bonchev–Trinajstić information content (AvgIpc) is 3.40. The van der Waals surface area contributed by atoms with Gasteiger partial charge in [-0.3, -0.25) is 9.98 Å². The fourth-order valence-electron chi connectivity index (χ4n) is 5.80. The first-order valence-electron chi connectivity index (χ1n) is 11.2. The Bertz CT molecular complexity index is 1260. The van der Waals surface area contributed by atoms with E-state index >= 15 is 0 Å². The van der Waals surface area contributed by atoms with Crippen molar-refractivity contribution >= 4 is 11.5 Å². The molecule has 0 saturated heterocycles. The minimum absolute atomic E-state index is 0.0978. The highest BCUT2D eigenvalue weighted by Gasteiger charge is 2.58. The zero-order chi connectivity index (χ0) is 21.3. The van der Waals surface area contributed by atoms with Crippen LogP contribution >= 0.6 is 0 Å². The molecule has 4 aliphatic rings. The lowest BCUT2D eigenvalue weighted by molar-refractivity contribution is 0.165. The third-order valence-corrected chi connectivity index (χ3v) is 7.36. The zero-order valence-corrected chi connectivity index (χ0v) is 17.8. The van der Waals surface area contributed by atoms with Crippen LogP contribution in [0.4, 0.5) is 5.69 Å². The number of para-hydroxylation sites is 1. The van der Waals surface area contributed by atoms with Gasteiger partial charge in [0.2, 0.25) is 0 Å². The maximum atomic E-state index is 6.45. The molecule has 3 atom stereocenters. The van der Waals surface area contributed by atoms with Gasteiger partial charge in [0.05, 0.1) is 23.7 Å². The second-order valence-electron chi connectivity index (χ2n) is 8.84. The molecule has 3 unspecified atom stereocenters. The summed E-state index contributed by atoms with van der Waals surface area (Å²) in [6.07, 6.45) is 1.86. The first kappa shape index (κ1) is 18.1. The van der Waals surface area contributed by atoms with Gasteiger partial charge in [-0.25, -0.2) is 0 Å². The van der Waals surface area contributed by atoms with E-state index in [1.165, 1.54) is 11.3 Å². The lowest BCUT2D eigenvalue weighted by Gasteiger charge is -2.41. The fourth-order valence-corrected chi connectivity index (χ4v) is 5.80. The molecule has 0 saturated carbocycles. The Balaban J connectivity index is 1.38. The Morgan fingerprint density at radius 1 is 0.938 bits per heavy atom. The molecular weight excluding hydrogens is 402 g/mol. The van der Waals surface area contributed by atoms with E-state index in [-0.39, 0.29) is 17.4 Å². The lowest BCUT2D eigenvalue weighted by atomic mass is 9.67. The van der Waals surface area contributed by atoms with Crippen LogP contribution in [0, 0.1) is 0 Å². The summed E-state index contributed by atoms with van der Waals surface area (Å²) in [7, 11) is 0. The third kappa shape index (κ3) is 2.24. The predicted octanol–water partition coefficient (Wildman–Crippen LogP) is 4.26. The quantitative estimate of drug-likeness (QED) is 0.583. The van der Waals surface area contributed by atoms with Gasteiger partial charge in [0, 0.05) is 29.4 Å². The van der Waals surface area contributed by atoms with Gasteiger partial charge in [0.1, 0.15) is 31.4 Å². The van der Waals surface area contributed by atoms with Gasteiger partial charge in [0.15, 0.2) is 11.5 Å². The molecule has 4 aliphatic heterocycles. The molecule has 2 aromatic carbocycles. The van der Waals surface area contributed by atoms with Crippen molar-refractivity contribution in [2.45, 2.75) is 24.3 Å². The van der Waals surface area contributed by atoms with E-state index in [9.17, 15) is 0 Å². The summed E-state index contributed by atoms with van der Waals surface area (Å²) in [5, 5.41) is 0. The smallest absolute Gasteiger partial charge is 0.165 e. The highest BCUT2D eigenvalue weighted by atomic mass is 16.6. The van der Waals surface area contributed by atoms with Crippen molar-refractivity contribution in [2.24, 2.45) is 4.99 Å². The van der Waals surface area contributed by atoms with Crippen LogP contribution in [0.3, 0.4) is 0 Å². The van der Waals surface area contributed by atoms with Crippen molar-refractivity contribution in [1.82, 2.24) is 4.98 Å². The normalized spacial score (nSPS) is 26.8. The standard InChI is InChI=1S/C26H23N3O3/c1-16-17-12-23-24(31-11-10-30-23)13-22(17)32-15-26(16)18-6-2-3-8-20(18)29-21(14-28-25(26)29)19-7-4-5-9-27-19/h2-9,12-13,16,21H,10-11,14-15H2,1H3. The molecule has 7 rings (SSSR count). The SMILES string of the molecule is CC1c2cc3c(cc2OCC12C1=NCC(c4ccccn4)N1c1ccccc12)OCCO3. The number of hydrogen-bond acceptors (Lipinski definition) is 6. The monoisotopic (exact) mass is 425 g/mol. The van der Waals surface area contributed by atoms with Crippen LogP contribution in [-0.4, -0.2) is 37.2 Å². The number of anilines is 1. The summed E-state index contributed by atoms with van der Waals surface area (Å²) < 4.78 is 18.1. The Hall–Kier alpha value is -3.54. The molecule has 0 radical (unpaired) electrons. The van der Waals surface area contributed by atoms with Gasteiger partial charge < -0.3 is 19.1 Å². The first-order chi connectivity index (χ1) is 15.8. The molecule has 0 amide bonds. The molecule has 32 heavy (non-hydrogen) atoms. The van der Waals surface area contributed by atoms with Gasteiger partial charge in [-0.05, 0) is 29.8 Å². The van der Waals surface area contributed by atoms with Crippen LogP contribution in [-0.2, 0) is 5.41 Å². The molecule has 3 aromatic rings. The second-order valence-corrected chi connectivity index (χ2v) is 8.84. The van der Waals surface area contributed by atoms with Crippen molar-refractivity contribution in [3.8, 4) is 17.2 Å². The molecule has 0 fully saturated rings. The van der Waals surface area contributed by atoms with Crippen molar-refractivity contribution in [3.63, 3.8) is 0 Å². The Labute approximate surface area is 186 Å². The summed E-state index contributed by atoms with van der Waals surface area (Å²) in [5.74, 6) is 3.69. The number of ether oxygens (including phenoxy) is 3. The highest BCUT2D eigenvalue weighted by molar-refractivity contribution is 6.14. The van der Waals surface area contributed by atoms with Crippen molar-refractivity contribution in [1.29, 1.82) is 0 Å². The number of nitrogens with zero attached hydrogens (tertiary/aromatic N) is 3. The van der Waals surface area contributed by atoms with E-state index in [0.29, 0.717) is 26.4 Å². The van der Waals surface area contributed by atoms with Crippen molar-refractivity contribution < 1.29 is 14.2 Å². The topological polar surface area (TPSA) is 56.2 Å². The maximum absolute atomic E-state index is 6.45. The number of hydrogen-bond donors (Lipinski definition) is 0. The Morgan fingerprint density at radius 3 is 2.59 bits per heavy atom. The minimum Gasteiger partial charge on any atom is -0.492 e. The number of benzene rings is 2. The second kappa shape index (κ2) is 6.48. The van der Waals surface area contributed by atoms with Crippen LogP contribution in [0.5, 0.6) is 17.2 Å². The summed E-state index contributed by atoms with van der Waals surface area (Å²) in [6, 6.07) is 18.9. The fraction of sp³-hybridized carbons (Fsp3) is 0.308. The van der Waals surface area contributed by atoms with Gasteiger partial charge >= 0.3 is 0 Å². The zero-order valence-electron chi connectivity index (χ0n) is 17.8. The van der Waals surface area contributed by atoms with E-state index < -0.39 is 0 Å². The molecule has 5 heterocycles. The number of pyridine rings is 1. The molecule has 0 N–H and O–H groups in total. The average molecular weight is 425 g/mol. The maximum Gasteiger partial charge on any atom is 0.165 e. The van der Waals surface area contributed by atoms with E-state index in [1.54, 1.807) is 0 Å². The van der Waals surface area contributed by atoms with Crippen LogP contribution < -0.4 is 19.1 Å². The van der Waals surface area contributed by atoms with Gasteiger partial charge in [-0.15, -0.1) is 0 Å². The van der Waals surface area contributed by atoms with Gasteiger partial charge in [-0.2, -0.15) is 0 Å². The largest absolute Gasteiger partial charge is 0.492 e. The van der Waals surface area contributed by atoms with E-state index in [1.807, 2.05) is 24.4 Å². The van der Waals surface area contributed by atoms with Crippen LogP contribution in [0.1, 0.15) is 35.7 Å². The number of amidine groups is 1. The molecule has 6 heteroatoms. The number of fused-ring (bicyclic) bond motifs is 7. The summed E-state index contributed by atoms with van der Waals surface area (Å²) in [4.78, 5) is 12.2. The molecule has 0 bridgehead atoms. The van der Waals surface area contributed by atoms with E-state index in [2.05, 4.69) is 53.2 Å². The van der Waals surface area contributed by atoms with Crippen LogP contribution in [0.25, 0.3) is 0 Å². The van der Waals surface area contributed by atoms with E-state index in [4.69, 9.17) is 19.2 Å². The van der Waals surface area contributed by atoms with Crippen molar-refractivity contribution in [2.75, 3.05) is 31.3 Å². The molecule has 1 spiro atoms. The lowest BCUT2D eigenvalue weighted by Crippen LogP contribution is -2.49. The summed E-state index contributed by atoms with van der Waals surface area (Å²) in [6.45, 7) is 4.67. The number of aromatic nitrogens is 1. The first-order valence-corrected chi connectivity index (χ1v) is 11.2. The molecule has 1 aromatic heterocycles. The Kier molecular flexibility index (Phi) is 3.66. The summed E-state index contributed by atoms with van der Waals surface area (Å²) in [5.41, 5.74) is 4.31. The molecule has 6 nitrogen and oxygen atoms in total. The summed E-state index contributed by atoms with van der Waals surface area (Å²) >= 11 is 0. The van der Waals surface area contributed by atoms with Crippen LogP contribution in [0.15, 0.2) is 65.8 Å². The molecule has 0 aliphatic carbocycles. The molecular formula is C26H23N3O3. The molecule has 160 valence electrons. The number of aliphatic imine (C=N–C) groups is 1.